The number of nitriles is 1. The molecule has 0 N–H and O–H groups in total. The van der Waals surface area contributed by atoms with E-state index in [1.54, 1.807) is 15.9 Å². The van der Waals surface area contributed by atoms with E-state index in [2.05, 4.69) is 6.07 Å². The van der Waals surface area contributed by atoms with Gasteiger partial charge in [-0.25, -0.2) is 0 Å². The molecule has 1 heterocycles. The van der Waals surface area contributed by atoms with Crippen molar-refractivity contribution in [3.05, 3.63) is 95.6 Å². The molecule has 0 saturated carbocycles. The highest BCUT2D eigenvalue weighted by molar-refractivity contribution is 7.99. The van der Waals surface area contributed by atoms with Crippen LogP contribution in [0.3, 0.4) is 0 Å². The Hall–Kier alpha value is -3.56. The van der Waals surface area contributed by atoms with Crippen molar-refractivity contribution in [3.63, 3.8) is 0 Å². The van der Waals surface area contributed by atoms with Crippen molar-refractivity contribution < 1.29 is 9.59 Å². The Kier molecular flexibility index (Phi) is 6.34. The van der Waals surface area contributed by atoms with Gasteiger partial charge in [0.25, 0.3) is 11.8 Å². The SMILES string of the molecule is N#Cc1ccccc1Sc1ccccc1C(=O)N1CCN(C(=O)c2ccccc2)CC1. The second kappa shape index (κ2) is 9.50. The number of hydrogen-bond donors (Lipinski definition) is 0. The summed E-state index contributed by atoms with van der Waals surface area (Å²) in [4.78, 5) is 31.1. The van der Waals surface area contributed by atoms with Crippen molar-refractivity contribution in [2.24, 2.45) is 0 Å². The molecule has 1 saturated heterocycles. The van der Waals surface area contributed by atoms with Gasteiger partial charge >= 0.3 is 0 Å². The van der Waals surface area contributed by atoms with Crippen LogP contribution in [0.25, 0.3) is 0 Å². The van der Waals surface area contributed by atoms with Crippen molar-refractivity contribution in [3.8, 4) is 6.07 Å². The van der Waals surface area contributed by atoms with Crippen LogP contribution in [-0.2, 0) is 0 Å². The van der Waals surface area contributed by atoms with Gasteiger partial charge in [0, 0.05) is 41.5 Å². The summed E-state index contributed by atoms with van der Waals surface area (Å²) in [6, 6.07) is 26.3. The largest absolute Gasteiger partial charge is 0.335 e. The van der Waals surface area contributed by atoms with Crippen LogP contribution in [0.15, 0.2) is 88.7 Å². The Morgan fingerprint density at radius 3 is 1.94 bits per heavy atom. The maximum absolute atomic E-state index is 13.3. The fourth-order valence-corrected chi connectivity index (χ4v) is 4.56. The lowest BCUT2D eigenvalue weighted by Gasteiger charge is -2.35. The Bertz CT molecular complexity index is 1130. The topological polar surface area (TPSA) is 64.4 Å². The smallest absolute Gasteiger partial charge is 0.255 e. The lowest BCUT2D eigenvalue weighted by molar-refractivity contribution is 0.0533. The molecule has 0 aliphatic carbocycles. The first-order valence-electron chi connectivity index (χ1n) is 10.1. The molecule has 154 valence electrons. The highest BCUT2D eigenvalue weighted by Crippen LogP contribution is 2.33. The molecule has 6 heteroatoms. The Labute approximate surface area is 185 Å². The summed E-state index contributed by atoms with van der Waals surface area (Å²) in [5.74, 6) is -0.0545. The minimum absolute atomic E-state index is 0.00300. The summed E-state index contributed by atoms with van der Waals surface area (Å²) < 4.78 is 0. The minimum atomic E-state index is -0.0515. The summed E-state index contributed by atoms with van der Waals surface area (Å²) in [6.07, 6.45) is 0. The number of carbonyl (C=O) groups excluding carboxylic acids is 2. The van der Waals surface area contributed by atoms with Gasteiger partial charge in [0.15, 0.2) is 0 Å². The lowest BCUT2D eigenvalue weighted by Crippen LogP contribution is -2.50. The Morgan fingerprint density at radius 1 is 0.710 bits per heavy atom. The zero-order valence-electron chi connectivity index (χ0n) is 16.9. The van der Waals surface area contributed by atoms with Gasteiger partial charge in [0.2, 0.25) is 0 Å². The highest BCUT2D eigenvalue weighted by Gasteiger charge is 2.26. The second-order valence-corrected chi connectivity index (χ2v) is 8.24. The molecule has 0 bridgehead atoms. The van der Waals surface area contributed by atoms with E-state index in [1.165, 1.54) is 11.8 Å². The van der Waals surface area contributed by atoms with Crippen LogP contribution in [0.4, 0.5) is 0 Å². The number of carbonyl (C=O) groups is 2. The minimum Gasteiger partial charge on any atom is -0.335 e. The molecule has 4 rings (SSSR count). The standard InChI is InChI=1S/C25H21N3O2S/c26-18-20-10-4-6-12-22(20)31-23-13-7-5-11-21(23)25(30)28-16-14-27(15-17-28)24(29)19-8-2-1-3-9-19/h1-13H,14-17H2. The van der Waals surface area contributed by atoms with Crippen LogP contribution in [0.1, 0.15) is 26.3 Å². The zero-order chi connectivity index (χ0) is 21.6. The molecular weight excluding hydrogens is 406 g/mol. The number of hydrogen-bond acceptors (Lipinski definition) is 4. The van der Waals surface area contributed by atoms with Crippen LogP contribution in [-0.4, -0.2) is 47.8 Å². The summed E-state index contributed by atoms with van der Waals surface area (Å²) in [5.41, 5.74) is 1.87. The van der Waals surface area contributed by atoms with Gasteiger partial charge in [-0.15, -0.1) is 0 Å². The Morgan fingerprint density at radius 2 is 1.26 bits per heavy atom. The first-order chi connectivity index (χ1) is 15.2. The van der Waals surface area contributed by atoms with E-state index >= 15 is 0 Å². The van der Waals surface area contributed by atoms with Crippen molar-refractivity contribution in [2.75, 3.05) is 26.2 Å². The molecule has 3 aromatic carbocycles. The lowest BCUT2D eigenvalue weighted by atomic mass is 10.1. The van der Waals surface area contributed by atoms with E-state index in [-0.39, 0.29) is 11.8 Å². The molecular formula is C25H21N3O2S. The normalized spacial score (nSPS) is 13.5. The molecule has 0 spiro atoms. The molecule has 0 radical (unpaired) electrons. The molecule has 0 atom stereocenters. The molecule has 1 aliphatic rings. The number of amides is 2. The molecule has 5 nitrogen and oxygen atoms in total. The molecule has 2 amide bonds. The van der Waals surface area contributed by atoms with Gasteiger partial charge in [-0.05, 0) is 36.4 Å². The van der Waals surface area contributed by atoms with Crippen LogP contribution >= 0.6 is 11.8 Å². The van der Waals surface area contributed by atoms with Crippen LogP contribution < -0.4 is 0 Å². The number of rotatable bonds is 4. The summed E-state index contributed by atoms with van der Waals surface area (Å²) in [6.45, 7) is 1.99. The van der Waals surface area contributed by atoms with Gasteiger partial charge in [0.1, 0.15) is 6.07 Å². The monoisotopic (exact) mass is 427 g/mol. The molecule has 3 aromatic rings. The number of benzene rings is 3. The predicted octanol–water partition coefficient (Wildman–Crippen LogP) is 4.31. The summed E-state index contributed by atoms with van der Waals surface area (Å²) in [5, 5.41) is 9.36. The van der Waals surface area contributed by atoms with Gasteiger partial charge in [0.05, 0.1) is 11.1 Å². The maximum Gasteiger partial charge on any atom is 0.255 e. The van der Waals surface area contributed by atoms with E-state index in [9.17, 15) is 14.9 Å². The third-order valence-electron chi connectivity index (χ3n) is 5.22. The van der Waals surface area contributed by atoms with Crippen molar-refractivity contribution >= 4 is 23.6 Å². The van der Waals surface area contributed by atoms with Crippen molar-refractivity contribution in [2.45, 2.75) is 9.79 Å². The fraction of sp³-hybridized carbons (Fsp3) is 0.160. The summed E-state index contributed by atoms with van der Waals surface area (Å²) in [7, 11) is 0. The molecule has 0 aromatic heterocycles. The predicted molar refractivity (Wildman–Crippen MR) is 120 cm³/mol. The third kappa shape index (κ3) is 4.62. The highest BCUT2D eigenvalue weighted by atomic mass is 32.2. The van der Waals surface area contributed by atoms with E-state index in [1.807, 2.05) is 72.8 Å². The maximum atomic E-state index is 13.3. The van der Waals surface area contributed by atoms with E-state index in [4.69, 9.17) is 0 Å². The summed E-state index contributed by atoms with van der Waals surface area (Å²) >= 11 is 1.43. The van der Waals surface area contributed by atoms with E-state index in [0.29, 0.717) is 42.9 Å². The molecule has 0 unspecified atom stereocenters. The average molecular weight is 428 g/mol. The molecule has 31 heavy (non-hydrogen) atoms. The zero-order valence-corrected chi connectivity index (χ0v) is 17.7. The van der Waals surface area contributed by atoms with Crippen molar-refractivity contribution in [1.82, 2.24) is 9.80 Å². The van der Waals surface area contributed by atoms with Crippen LogP contribution in [0.2, 0.25) is 0 Å². The molecule has 1 fully saturated rings. The van der Waals surface area contributed by atoms with Gasteiger partial charge in [-0.1, -0.05) is 54.2 Å². The second-order valence-electron chi connectivity index (χ2n) is 7.16. The first-order valence-corrected chi connectivity index (χ1v) is 10.9. The van der Waals surface area contributed by atoms with Gasteiger partial charge in [-0.3, -0.25) is 9.59 Å². The van der Waals surface area contributed by atoms with Crippen LogP contribution in [0.5, 0.6) is 0 Å². The fourth-order valence-electron chi connectivity index (χ4n) is 3.55. The average Bonchev–Trinajstić information content (AvgIpc) is 2.84. The third-order valence-corrected chi connectivity index (χ3v) is 6.37. The van der Waals surface area contributed by atoms with Gasteiger partial charge < -0.3 is 9.80 Å². The Balaban J connectivity index is 1.46. The van der Waals surface area contributed by atoms with Gasteiger partial charge in [-0.2, -0.15) is 5.26 Å². The van der Waals surface area contributed by atoms with E-state index < -0.39 is 0 Å². The van der Waals surface area contributed by atoms with Crippen molar-refractivity contribution in [1.29, 1.82) is 5.26 Å². The van der Waals surface area contributed by atoms with E-state index in [0.717, 1.165) is 9.79 Å². The number of nitrogens with zero attached hydrogens (tertiary/aromatic N) is 3. The first kappa shape index (κ1) is 20.7. The van der Waals surface area contributed by atoms with Crippen LogP contribution in [0, 0.1) is 11.3 Å². The molecule has 1 aliphatic heterocycles. The number of piperazine rings is 1. The quantitative estimate of drug-likeness (QED) is 0.622.